The average molecular weight is 1350 g/mol. The summed E-state index contributed by atoms with van der Waals surface area (Å²) in [6.07, 6.45) is 5.42. The highest BCUT2D eigenvalue weighted by molar-refractivity contribution is 8.22. The lowest BCUT2D eigenvalue weighted by molar-refractivity contribution is -0.151. The second-order valence-electron chi connectivity index (χ2n) is 27.5. The average Bonchev–Trinajstić information content (AvgIpc) is 1.65. The number of nitrogens with zero attached hydrogens (tertiary/aromatic N) is 3. The maximum atomic E-state index is 13.9. The molecular formula is C57H79B22Cl2N5O13. The Morgan fingerprint density at radius 3 is 1.40 bits per heavy atom. The fraction of sp³-hybridized carbons (Fsp3) is 0.579. The molecule has 3 N–H and O–H groups in total. The van der Waals surface area contributed by atoms with Crippen molar-refractivity contribution in [1.29, 1.82) is 0 Å². The van der Waals surface area contributed by atoms with Gasteiger partial charge in [-0.25, -0.2) is 19.2 Å². The van der Waals surface area contributed by atoms with Crippen molar-refractivity contribution < 1.29 is 62.5 Å². The first-order chi connectivity index (χ1) is 46.3. The molecule has 0 bridgehead atoms. The number of unbranched alkanes of at least 4 members (excludes halogenated alkanes) is 6. The molecule has 2 spiro atoms. The lowest BCUT2D eigenvalue weighted by atomic mass is 8.36. The number of nitrogens with one attached hydrogen (secondary N) is 2. The van der Waals surface area contributed by atoms with Gasteiger partial charge in [0, 0.05) is 204 Å². The number of carboxylic acid groups (broad SMARTS) is 1. The van der Waals surface area contributed by atoms with Crippen LogP contribution in [0.2, 0.25) is 10.0 Å². The molecule has 3 aliphatic heterocycles. The Balaban J connectivity index is 0.000000362. The third kappa shape index (κ3) is 29.5. The van der Waals surface area contributed by atoms with Gasteiger partial charge in [0.15, 0.2) is 5.60 Å². The molecule has 1 saturated carbocycles. The molecule has 2 aromatic carbocycles. The number of oxime groups is 2. The molecule has 1 saturated heterocycles. The van der Waals surface area contributed by atoms with E-state index < -0.39 is 123 Å². The Kier molecular flexibility index (Phi) is 37.7. The fourth-order valence-electron chi connectivity index (χ4n) is 12.4. The summed E-state index contributed by atoms with van der Waals surface area (Å²) in [7, 11) is 72.4. The molecule has 2 fully saturated rings. The van der Waals surface area contributed by atoms with E-state index in [4.69, 9.17) is 150 Å². The maximum Gasteiger partial charge on any atom is 0.408 e. The summed E-state index contributed by atoms with van der Waals surface area (Å²) < 4.78 is 20.3. The molecule has 2 aromatic rings. The van der Waals surface area contributed by atoms with Crippen molar-refractivity contribution in [2.75, 3.05) is 20.8 Å². The number of aliphatic carboxylic acids is 1. The number of rotatable bonds is 29. The van der Waals surface area contributed by atoms with Crippen LogP contribution in [0.4, 0.5) is 9.59 Å². The molecule has 0 unspecified atom stereocenters. The van der Waals surface area contributed by atoms with Crippen molar-refractivity contribution in [2.45, 2.75) is 185 Å². The number of benzene rings is 2. The fourth-order valence-corrected chi connectivity index (χ4v) is 12.8. The SMILES string of the molecule is C=CCCCCC[C@H](NC(=O)OC(C)(C)C)C(=O)N1C[C@@]2(CC(c3cccc(Cl)c3)=NO2)C[C@H]1C(=O)OC.C=CCCCCC[C@H](NC(=O)OC(C)(C)C)C(=O)O.COC(=O)[C@H]1CC[C@@]2(CC(c3cccc(Cl)c3)=NO2)C1.[B]B([B])B(B([B])[B])B(B(B([B])[B])B([B])[B])B(B([B])[B])B([B])[B]. The van der Waals surface area contributed by atoms with Crippen LogP contribution < -0.4 is 10.6 Å². The first kappa shape index (κ1) is 88.5. The number of alkyl carbamates (subject to hydrolysis) is 2. The monoisotopic (exact) mass is 1350 g/mol. The van der Waals surface area contributed by atoms with Gasteiger partial charge >= 0.3 is 30.1 Å². The molecule has 4 aliphatic rings. The Hall–Kier alpha value is -4.71. The van der Waals surface area contributed by atoms with Crippen molar-refractivity contribution in [2.24, 2.45) is 16.2 Å². The third-order valence-electron chi connectivity index (χ3n) is 17.0. The third-order valence-corrected chi connectivity index (χ3v) is 17.5. The number of carbonyl (C=O) groups excluding carboxylic acids is 5. The number of halogens is 2. The molecule has 24 radical (unpaired) electrons. The molecule has 6 rings (SSSR count). The summed E-state index contributed by atoms with van der Waals surface area (Å²) in [5.41, 5.74) is 0.822. The Morgan fingerprint density at radius 2 is 1.02 bits per heavy atom. The van der Waals surface area contributed by atoms with Gasteiger partial charge < -0.3 is 49.3 Å². The van der Waals surface area contributed by atoms with Crippen LogP contribution in [0, 0.1) is 5.92 Å². The van der Waals surface area contributed by atoms with E-state index in [1.807, 2.05) is 48.6 Å². The van der Waals surface area contributed by atoms with Gasteiger partial charge in [-0.05, 0) is 117 Å². The molecular weight excluding hydrogens is 1270 g/mol. The zero-order valence-corrected chi connectivity index (χ0v) is 60.2. The summed E-state index contributed by atoms with van der Waals surface area (Å²) in [6.45, 7) is 18.0. The smallest absolute Gasteiger partial charge is 0.408 e. The first-order valence-electron chi connectivity index (χ1n) is 33.3. The highest BCUT2D eigenvalue weighted by Crippen LogP contribution is 2.45. The summed E-state index contributed by atoms with van der Waals surface area (Å²) in [5.74, 6) is -2.19. The molecule has 99 heavy (non-hydrogen) atoms. The number of methoxy groups -OCH3 is 2. The zero-order chi connectivity index (χ0) is 74.8. The lowest BCUT2D eigenvalue weighted by Gasteiger charge is -2.45. The second-order valence-corrected chi connectivity index (χ2v) is 28.4. The molecule has 3 heterocycles. The van der Waals surface area contributed by atoms with Crippen molar-refractivity contribution in [3.63, 3.8) is 0 Å². The predicted octanol–water partition coefficient (Wildman–Crippen LogP) is 2.91. The Morgan fingerprint density at radius 1 is 0.616 bits per heavy atom. The van der Waals surface area contributed by atoms with E-state index in [2.05, 4.69) is 34.1 Å². The van der Waals surface area contributed by atoms with Crippen LogP contribution in [0.5, 0.6) is 0 Å². The van der Waals surface area contributed by atoms with Crippen LogP contribution in [0.3, 0.4) is 0 Å². The van der Waals surface area contributed by atoms with E-state index in [0.29, 0.717) is 47.9 Å². The minimum Gasteiger partial charge on any atom is -0.480 e. The van der Waals surface area contributed by atoms with Crippen LogP contribution in [-0.4, -0.2) is 275 Å². The minimum atomic E-state index is -1.03. The van der Waals surface area contributed by atoms with Gasteiger partial charge in [0.2, 0.25) is 5.91 Å². The molecule has 42 heteroatoms. The maximum absolute atomic E-state index is 13.9. The molecule has 3 amide bonds. The number of carboxylic acids is 1. The van der Waals surface area contributed by atoms with E-state index >= 15 is 0 Å². The van der Waals surface area contributed by atoms with E-state index in [-0.39, 0.29) is 36.4 Å². The van der Waals surface area contributed by atoms with Crippen molar-refractivity contribution in [1.82, 2.24) is 15.5 Å². The molecule has 1 aliphatic carbocycles. The van der Waals surface area contributed by atoms with E-state index in [0.717, 1.165) is 81.0 Å². The number of esters is 2. The number of ether oxygens (including phenoxy) is 4. The standard InChI is InChI=1S/C28H38ClN3O6.C15H16ClNO3.C14H25NO4.B22/c1-6-7-8-9-10-14-21(30-26(35)37-27(2,3)4)24(33)32-18-28(17-23(32)25(34)36-5)16-22(31-38-28)19-12-11-13-20(29)15-19;1-19-14(18)11-5-6-15(8-11)9-13(17-20-15)10-3-2-4-12(16)7-10;1-5-6-7-8-9-10-11(12(16)17)15-13(18)19-14(2,3)4;1-13(2)19(14(3)4)22(20(15(5)6)16(7)8)21(17(9)10)18(11)12/h6,11-13,15,21,23H,1,7-10,14,16-18H2,2-5H3,(H,30,35);2-4,7,11H,5-6,8-9H2,1H3;5,11H,1,6-10H2,2-4H3,(H,15,18)(H,16,17);/t21-,23-,28+;11-,15-;11-;/m000./s1. The number of allylic oxidation sites excluding steroid dienone is 2. The molecule has 6 atom stereocenters. The second kappa shape index (κ2) is 42.2. The summed E-state index contributed by atoms with van der Waals surface area (Å²) in [5, 5.41) is 23.9. The molecule has 0 aromatic heterocycles. The van der Waals surface area contributed by atoms with Crippen LogP contribution in [0.15, 0.2) is 84.2 Å². The van der Waals surface area contributed by atoms with Gasteiger partial charge in [-0.1, -0.05) is 95.6 Å². The minimum absolute atomic E-state index is 0.0751. The number of hydrogen-bond acceptors (Lipinski definition) is 14. The predicted molar refractivity (Wildman–Crippen MR) is 421 cm³/mol. The van der Waals surface area contributed by atoms with Crippen LogP contribution >= 0.6 is 23.2 Å². The van der Waals surface area contributed by atoms with Crippen molar-refractivity contribution >= 4 is 227 Å². The van der Waals surface area contributed by atoms with Crippen molar-refractivity contribution in [3.05, 3.63) is 95.0 Å². The normalized spacial score (nSPS) is 18.4. The van der Waals surface area contributed by atoms with Crippen LogP contribution in [-0.2, 0) is 47.8 Å². The first-order valence-corrected chi connectivity index (χ1v) is 34.0. The number of carbonyl (C=O) groups is 6. The molecule has 490 valence electrons. The number of likely N-dealkylation sites (tertiary alicyclic amines) is 1. The van der Waals surface area contributed by atoms with Crippen LogP contribution in [0.1, 0.15) is 155 Å². The van der Waals surface area contributed by atoms with Gasteiger partial charge in [-0.3, -0.25) is 9.59 Å². The Bertz CT molecular complexity index is 2970. The number of hydrogen-bond donors (Lipinski definition) is 3. The van der Waals surface area contributed by atoms with Gasteiger partial charge in [0.05, 0.1) is 38.1 Å². The van der Waals surface area contributed by atoms with Gasteiger partial charge in [-0.2, -0.15) is 0 Å². The highest BCUT2D eigenvalue weighted by atomic mass is 35.5. The van der Waals surface area contributed by atoms with Gasteiger partial charge in [-0.15, -0.1) is 13.2 Å². The Labute approximate surface area is 618 Å². The van der Waals surface area contributed by atoms with E-state index in [9.17, 15) is 28.8 Å². The van der Waals surface area contributed by atoms with E-state index in [1.54, 1.807) is 53.7 Å². The van der Waals surface area contributed by atoms with E-state index in [1.165, 1.54) is 19.1 Å². The zero-order valence-electron chi connectivity index (χ0n) is 58.7. The van der Waals surface area contributed by atoms with Gasteiger partial charge in [0.25, 0.3) is 0 Å². The summed E-state index contributed by atoms with van der Waals surface area (Å²) in [4.78, 5) is 86.4. The van der Waals surface area contributed by atoms with Gasteiger partial charge in [0.1, 0.15) is 34.9 Å². The quantitative estimate of drug-likeness (QED) is 0.0351. The van der Waals surface area contributed by atoms with Crippen LogP contribution in [0.25, 0.3) is 0 Å². The molecule has 18 nitrogen and oxygen atoms in total. The summed E-state index contributed by atoms with van der Waals surface area (Å²) >= 11 is 12.2. The topological polar surface area (TPSA) is 230 Å². The number of amides is 3. The van der Waals surface area contributed by atoms with Crippen molar-refractivity contribution in [3.8, 4) is 0 Å². The highest BCUT2D eigenvalue weighted by Gasteiger charge is 2.55. The lowest BCUT2D eigenvalue weighted by Crippen LogP contribution is -2.83. The summed E-state index contributed by atoms with van der Waals surface area (Å²) in [6, 6.07) is 12.2. The largest absolute Gasteiger partial charge is 0.480 e.